The van der Waals surface area contributed by atoms with E-state index in [2.05, 4.69) is 16.9 Å². The first-order valence-corrected chi connectivity index (χ1v) is 11.8. The Hall–Kier alpha value is -4.99. The van der Waals surface area contributed by atoms with Crippen LogP contribution in [0.4, 0.5) is 5.69 Å². The molecule has 0 radical (unpaired) electrons. The molecule has 194 valence electrons. The van der Waals surface area contributed by atoms with E-state index in [0.717, 1.165) is 12.8 Å². The summed E-state index contributed by atoms with van der Waals surface area (Å²) in [4.78, 5) is 44.3. The lowest BCUT2D eigenvalue weighted by Crippen LogP contribution is -2.30. The van der Waals surface area contributed by atoms with Crippen LogP contribution in [0, 0.1) is 5.41 Å². The lowest BCUT2D eigenvalue weighted by Gasteiger charge is -2.18. The van der Waals surface area contributed by atoms with Crippen LogP contribution < -0.4 is 15.8 Å². The van der Waals surface area contributed by atoms with Crippen molar-refractivity contribution in [2.24, 2.45) is 5.73 Å². The number of pyridine rings is 1. The van der Waals surface area contributed by atoms with Crippen molar-refractivity contribution in [1.82, 2.24) is 9.88 Å². The molecule has 0 unspecified atom stereocenters. The van der Waals surface area contributed by atoms with Crippen molar-refractivity contribution in [2.75, 3.05) is 19.5 Å². The number of ether oxygens (including phenoxy) is 1. The standard InChI is InChI=1S/C28H27N5O5/c1-4-15-13-21(26(34)31-17-7-5-16(6-8-17)25(29)30)20(14-23(15)38-3)19-11-12-22(32-24(19)28(36)37)27(35)33(2)18-9-10-18/h4-8,11-14,18H,1,9-10H2,2-3H3,(H3,29,30)(H,31,34)(H,36,37). The van der Waals surface area contributed by atoms with Crippen LogP contribution in [0.1, 0.15) is 55.3 Å². The van der Waals surface area contributed by atoms with E-state index in [1.54, 1.807) is 48.3 Å². The molecule has 38 heavy (non-hydrogen) atoms. The number of benzene rings is 2. The maximum absolute atomic E-state index is 13.4. The number of methoxy groups -OCH3 is 1. The van der Waals surface area contributed by atoms with E-state index in [1.165, 1.54) is 25.3 Å². The molecule has 2 aromatic carbocycles. The van der Waals surface area contributed by atoms with Crippen molar-refractivity contribution >= 4 is 35.4 Å². The third-order valence-corrected chi connectivity index (χ3v) is 6.31. The zero-order chi connectivity index (χ0) is 27.6. The third kappa shape index (κ3) is 5.24. The summed E-state index contributed by atoms with van der Waals surface area (Å²) in [5, 5.41) is 20.3. The zero-order valence-electron chi connectivity index (χ0n) is 20.9. The number of hydrogen-bond acceptors (Lipinski definition) is 6. The third-order valence-electron chi connectivity index (χ3n) is 6.31. The zero-order valence-corrected chi connectivity index (χ0v) is 20.9. The van der Waals surface area contributed by atoms with E-state index in [4.69, 9.17) is 15.9 Å². The number of amidine groups is 1. The van der Waals surface area contributed by atoms with Crippen molar-refractivity contribution in [3.8, 4) is 16.9 Å². The van der Waals surface area contributed by atoms with E-state index in [0.29, 0.717) is 22.6 Å². The summed E-state index contributed by atoms with van der Waals surface area (Å²) in [6.45, 7) is 3.77. The van der Waals surface area contributed by atoms with Crippen molar-refractivity contribution in [3.63, 3.8) is 0 Å². The van der Waals surface area contributed by atoms with Gasteiger partial charge in [0.1, 0.15) is 17.3 Å². The minimum Gasteiger partial charge on any atom is -0.496 e. The Bertz CT molecular complexity index is 1460. The normalized spacial score (nSPS) is 12.4. The summed E-state index contributed by atoms with van der Waals surface area (Å²) >= 11 is 0. The number of nitrogens with one attached hydrogen (secondary N) is 2. The van der Waals surface area contributed by atoms with Gasteiger partial charge in [0.05, 0.1) is 7.11 Å². The Labute approximate surface area is 219 Å². The Balaban J connectivity index is 1.80. The van der Waals surface area contributed by atoms with Gasteiger partial charge < -0.3 is 25.8 Å². The Morgan fingerprint density at radius 2 is 1.84 bits per heavy atom. The molecule has 4 rings (SSSR count). The molecule has 1 aliphatic carbocycles. The Kier molecular flexibility index (Phi) is 7.24. The topological polar surface area (TPSA) is 159 Å². The summed E-state index contributed by atoms with van der Waals surface area (Å²) in [6, 6.07) is 12.6. The molecule has 0 aliphatic heterocycles. The summed E-state index contributed by atoms with van der Waals surface area (Å²) in [5.41, 5.74) is 7.16. The van der Waals surface area contributed by atoms with Crippen LogP contribution in [-0.2, 0) is 0 Å². The quantitative estimate of drug-likeness (QED) is 0.250. The highest BCUT2D eigenvalue weighted by molar-refractivity contribution is 6.11. The van der Waals surface area contributed by atoms with Gasteiger partial charge >= 0.3 is 5.97 Å². The second-order valence-corrected chi connectivity index (χ2v) is 8.83. The minimum absolute atomic E-state index is 0.00629. The lowest BCUT2D eigenvalue weighted by atomic mass is 9.94. The van der Waals surface area contributed by atoms with Crippen LogP contribution in [0.3, 0.4) is 0 Å². The maximum atomic E-state index is 13.4. The molecule has 3 aromatic rings. The van der Waals surface area contributed by atoms with Gasteiger partial charge in [-0.2, -0.15) is 0 Å². The summed E-state index contributed by atoms with van der Waals surface area (Å²) in [6.07, 6.45) is 3.32. The molecule has 0 bridgehead atoms. The molecule has 1 heterocycles. The largest absolute Gasteiger partial charge is 0.496 e. The molecule has 1 aliphatic rings. The fourth-order valence-electron chi connectivity index (χ4n) is 4.04. The molecule has 10 heteroatoms. The van der Waals surface area contributed by atoms with E-state index in [-0.39, 0.29) is 45.9 Å². The van der Waals surface area contributed by atoms with Crippen LogP contribution >= 0.6 is 0 Å². The second-order valence-electron chi connectivity index (χ2n) is 8.83. The first-order valence-electron chi connectivity index (χ1n) is 11.8. The molecule has 10 nitrogen and oxygen atoms in total. The average Bonchev–Trinajstić information content (AvgIpc) is 3.77. The smallest absolute Gasteiger partial charge is 0.355 e. The molecular formula is C28H27N5O5. The van der Waals surface area contributed by atoms with Gasteiger partial charge in [-0.1, -0.05) is 12.7 Å². The molecule has 5 N–H and O–H groups in total. The number of carboxylic acid groups (broad SMARTS) is 1. The summed E-state index contributed by atoms with van der Waals surface area (Å²) in [7, 11) is 3.12. The molecule has 2 amide bonds. The Morgan fingerprint density at radius 1 is 1.16 bits per heavy atom. The number of rotatable bonds is 9. The number of nitrogens with zero attached hydrogens (tertiary/aromatic N) is 2. The fourth-order valence-corrected chi connectivity index (χ4v) is 4.04. The molecule has 1 aromatic heterocycles. The number of hydrogen-bond donors (Lipinski definition) is 4. The molecule has 1 saturated carbocycles. The number of nitrogens with two attached hydrogens (primary N) is 1. The molecule has 1 fully saturated rings. The number of aromatic nitrogens is 1. The SMILES string of the molecule is C=Cc1cc(C(=O)Nc2ccc(C(=N)N)cc2)c(-c2ccc(C(=O)N(C)C3CC3)nc2C(=O)O)cc1OC. The van der Waals surface area contributed by atoms with Gasteiger partial charge in [0.15, 0.2) is 5.69 Å². The van der Waals surface area contributed by atoms with Crippen molar-refractivity contribution in [3.05, 3.63) is 83.2 Å². The number of amides is 2. The Morgan fingerprint density at radius 3 is 2.39 bits per heavy atom. The predicted octanol–water partition coefficient (Wildman–Crippen LogP) is 3.87. The van der Waals surface area contributed by atoms with Gasteiger partial charge in [0, 0.05) is 46.6 Å². The fraction of sp³-hybridized carbons (Fsp3) is 0.179. The highest BCUT2D eigenvalue weighted by atomic mass is 16.5. The van der Waals surface area contributed by atoms with Gasteiger partial charge in [-0.25, -0.2) is 9.78 Å². The lowest BCUT2D eigenvalue weighted by molar-refractivity contribution is 0.0690. The first-order chi connectivity index (χ1) is 18.1. The van der Waals surface area contributed by atoms with Crippen LogP contribution in [0.25, 0.3) is 17.2 Å². The maximum Gasteiger partial charge on any atom is 0.355 e. The van der Waals surface area contributed by atoms with E-state index >= 15 is 0 Å². The minimum atomic E-state index is -1.35. The van der Waals surface area contributed by atoms with E-state index < -0.39 is 11.9 Å². The number of carboxylic acids is 1. The summed E-state index contributed by atoms with van der Waals surface area (Å²) < 4.78 is 5.45. The van der Waals surface area contributed by atoms with Gasteiger partial charge in [-0.05, 0) is 61.4 Å². The number of carbonyl (C=O) groups is 3. The van der Waals surface area contributed by atoms with Crippen molar-refractivity contribution in [1.29, 1.82) is 5.41 Å². The number of carbonyl (C=O) groups excluding carboxylic acids is 2. The van der Waals surface area contributed by atoms with E-state index in [9.17, 15) is 19.5 Å². The van der Waals surface area contributed by atoms with Gasteiger partial charge in [-0.3, -0.25) is 15.0 Å². The first kappa shape index (κ1) is 26.1. The highest BCUT2D eigenvalue weighted by Gasteiger charge is 2.31. The number of aromatic carboxylic acids is 1. The number of anilines is 1. The second kappa shape index (κ2) is 10.6. The van der Waals surface area contributed by atoms with Gasteiger partial charge in [-0.15, -0.1) is 0 Å². The molecular weight excluding hydrogens is 486 g/mol. The molecule has 0 saturated heterocycles. The summed E-state index contributed by atoms with van der Waals surface area (Å²) in [5.74, 6) is -1.96. The van der Waals surface area contributed by atoms with Crippen molar-refractivity contribution in [2.45, 2.75) is 18.9 Å². The van der Waals surface area contributed by atoms with Crippen LogP contribution in [0.2, 0.25) is 0 Å². The van der Waals surface area contributed by atoms with Gasteiger partial charge in [0.2, 0.25) is 0 Å². The predicted molar refractivity (Wildman–Crippen MR) is 144 cm³/mol. The van der Waals surface area contributed by atoms with E-state index in [1.807, 2.05) is 0 Å². The molecule has 0 atom stereocenters. The highest BCUT2D eigenvalue weighted by Crippen LogP contribution is 2.35. The average molecular weight is 514 g/mol. The molecule has 0 spiro atoms. The van der Waals surface area contributed by atoms with Crippen LogP contribution in [0.15, 0.2) is 55.1 Å². The number of nitrogen functional groups attached to an aromatic ring is 1. The van der Waals surface area contributed by atoms with Crippen LogP contribution in [-0.4, -0.2) is 58.8 Å². The van der Waals surface area contributed by atoms with Crippen LogP contribution in [0.5, 0.6) is 5.75 Å². The van der Waals surface area contributed by atoms with Crippen molar-refractivity contribution < 1.29 is 24.2 Å². The monoisotopic (exact) mass is 513 g/mol. The van der Waals surface area contributed by atoms with Gasteiger partial charge in [0.25, 0.3) is 11.8 Å².